The van der Waals surface area contributed by atoms with Crippen molar-refractivity contribution in [2.24, 2.45) is 16.2 Å². The second-order valence-electron chi connectivity index (χ2n) is 36.4. The number of carbonyl (C=O) groups excluding carboxylic acids is 6. The number of ether oxygens (including phenoxy) is 4. The van der Waals surface area contributed by atoms with Gasteiger partial charge in [0.1, 0.15) is 12.2 Å². The Morgan fingerprint density at radius 2 is 0.500 bits per heavy atom. The van der Waals surface area contributed by atoms with E-state index in [1.807, 2.05) is 13.8 Å². The fourth-order valence-electron chi connectivity index (χ4n) is 15.5. The van der Waals surface area contributed by atoms with Crippen LogP contribution in [0.1, 0.15) is 500 Å². The molecular weight excluding hydrogens is 1390 g/mol. The molecule has 2 N–H and O–H groups in total. The van der Waals surface area contributed by atoms with Crippen LogP contribution in [-0.4, -0.2) is 123 Å². The third kappa shape index (κ3) is 68.8. The first-order valence-corrected chi connectivity index (χ1v) is 48.9. The summed E-state index contributed by atoms with van der Waals surface area (Å²) < 4.78 is 24.2. The number of rotatable bonds is 87. The van der Waals surface area contributed by atoms with E-state index in [0.717, 1.165) is 206 Å². The van der Waals surface area contributed by atoms with Gasteiger partial charge in [0.25, 0.3) is 0 Å². The van der Waals surface area contributed by atoms with Gasteiger partial charge >= 0.3 is 23.9 Å². The SMILES string of the molecule is CCCCCCCCCCCOC(=O)CCCCCN(CCCCCCC(C)(C)C(=O)OC(CCCCCCCC)CCCCCCCC)CCNC(=O)CCC(=O)NCCN(CCCCCCC(C)(C)C(=O)OC(CCCCCCCC)CCCCCCCC)CCCCC(C)(C)C(=O)OCCCCCCCCCCC. The van der Waals surface area contributed by atoms with Gasteiger partial charge in [-0.05, 0) is 183 Å². The van der Waals surface area contributed by atoms with Crippen molar-refractivity contribution in [2.75, 3.05) is 65.6 Å². The molecule has 0 rings (SSSR count). The third-order valence-corrected chi connectivity index (χ3v) is 23.7. The van der Waals surface area contributed by atoms with E-state index in [4.69, 9.17) is 18.9 Å². The molecule has 0 heterocycles. The lowest BCUT2D eigenvalue weighted by atomic mass is 9.86. The van der Waals surface area contributed by atoms with Crippen LogP contribution in [-0.2, 0) is 47.7 Å². The van der Waals surface area contributed by atoms with E-state index in [1.165, 1.54) is 218 Å². The van der Waals surface area contributed by atoms with Crippen LogP contribution in [0.2, 0.25) is 0 Å². The summed E-state index contributed by atoms with van der Waals surface area (Å²) in [5.41, 5.74) is -1.61. The number of nitrogens with one attached hydrogen (secondary N) is 2. The predicted octanol–water partition coefficient (Wildman–Crippen LogP) is 27.3. The molecule has 2 amide bonds. The Morgan fingerprint density at radius 1 is 0.259 bits per heavy atom. The minimum absolute atomic E-state index is 0.0141. The summed E-state index contributed by atoms with van der Waals surface area (Å²) >= 11 is 0. The van der Waals surface area contributed by atoms with Crippen molar-refractivity contribution in [3.8, 4) is 0 Å². The molecule has 112 heavy (non-hydrogen) atoms. The molecule has 0 aromatic heterocycles. The second kappa shape index (κ2) is 77.6. The molecule has 0 bridgehead atoms. The van der Waals surface area contributed by atoms with E-state index in [1.54, 1.807) is 0 Å². The smallest absolute Gasteiger partial charge is 0.311 e. The molecule has 14 heteroatoms. The van der Waals surface area contributed by atoms with Gasteiger partial charge in [0.05, 0.1) is 29.5 Å². The maximum atomic E-state index is 13.8. The van der Waals surface area contributed by atoms with Gasteiger partial charge in [-0.3, -0.25) is 28.8 Å². The average Bonchev–Trinajstić information content (AvgIpc) is 0.883. The Balaban J connectivity index is 5.73. The predicted molar refractivity (Wildman–Crippen MR) is 476 cm³/mol. The monoisotopic (exact) mass is 1580 g/mol. The fraction of sp³-hybridized carbons (Fsp3) is 0.939. The first-order chi connectivity index (χ1) is 54.2. The molecule has 0 atom stereocenters. The van der Waals surface area contributed by atoms with Crippen LogP contribution in [0.15, 0.2) is 0 Å². The number of amides is 2. The van der Waals surface area contributed by atoms with E-state index in [9.17, 15) is 28.8 Å². The largest absolute Gasteiger partial charge is 0.466 e. The second-order valence-corrected chi connectivity index (χ2v) is 36.4. The molecule has 0 fully saturated rings. The van der Waals surface area contributed by atoms with Gasteiger partial charge in [0, 0.05) is 45.4 Å². The number of hydrogen-bond donors (Lipinski definition) is 2. The Hall–Kier alpha value is -3.26. The minimum Gasteiger partial charge on any atom is -0.466 e. The Labute approximate surface area is 694 Å². The molecule has 0 aromatic carbocycles. The summed E-state index contributed by atoms with van der Waals surface area (Å²) in [6, 6.07) is 0. The van der Waals surface area contributed by atoms with Crippen LogP contribution < -0.4 is 10.6 Å². The number of esters is 4. The van der Waals surface area contributed by atoms with Crippen molar-refractivity contribution in [1.82, 2.24) is 20.4 Å². The number of nitrogens with zero attached hydrogens (tertiary/aromatic N) is 2. The molecule has 0 radical (unpaired) electrons. The summed E-state index contributed by atoms with van der Waals surface area (Å²) in [5.74, 6) is -0.524. The standard InChI is InChI=1S/C98H190N4O10/c1-13-19-25-31-37-39-41-51-66-86-109-92(105)72-58-53-64-82-101(80-62-49-47-59-75-97(9,10)94(107)111-88(68-54-43-33-27-21-15-3)69-55-44-34-28-22-16-4)84-78-99-90(103)73-74-91(104)100-79-85-102(83-65-61-77-96(7,8)93(106)110-87-67-52-42-40-38-32-26-20-14-2)81-63-50-48-60-76-98(11,12)95(108)112-89(70-56-45-35-29-23-17-5)71-57-46-36-30-24-18-6/h88-89H,13-87H2,1-12H3,(H,99,103)(H,100,104). The van der Waals surface area contributed by atoms with Crippen LogP contribution in [0.5, 0.6) is 0 Å². The van der Waals surface area contributed by atoms with E-state index < -0.39 is 16.2 Å². The molecule has 0 aromatic rings. The summed E-state index contributed by atoms with van der Waals surface area (Å²) in [7, 11) is 0. The minimum atomic E-state index is -0.555. The Morgan fingerprint density at radius 3 is 0.821 bits per heavy atom. The van der Waals surface area contributed by atoms with Gasteiger partial charge in [-0.1, -0.05) is 324 Å². The zero-order valence-corrected chi connectivity index (χ0v) is 76.7. The van der Waals surface area contributed by atoms with Crippen LogP contribution in [0.4, 0.5) is 0 Å². The molecule has 0 unspecified atom stereocenters. The van der Waals surface area contributed by atoms with Gasteiger partial charge in [-0.15, -0.1) is 0 Å². The molecular formula is C98H190N4O10. The maximum absolute atomic E-state index is 13.8. The molecule has 0 aliphatic heterocycles. The lowest BCUT2D eigenvalue weighted by molar-refractivity contribution is -0.161. The van der Waals surface area contributed by atoms with Crippen molar-refractivity contribution in [2.45, 2.75) is 513 Å². The quantitative estimate of drug-likeness (QED) is 0.0336. The molecule has 0 spiro atoms. The molecule has 662 valence electrons. The zero-order chi connectivity index (χ0) is 82.5. The van der Waals surface area contributed by atoms with Crippen molar-refractivity contribution < 1.29 is 47.7 Å². The molecule has 0 saturated carbocycles. The number of hydrogen-bond acceptors (Lipinski definition) is 12. The van der Waals surface area contributed by atoms with E-state index in [0.29, 0.717) is 45.8 Å². The highest BCUT2D eigenvalue weighted by Gasteiger charge is 2.33. The van der Waals surface area contributed by atoms with Gasteiger partial charge in [-0.25, -0.2) is 0 Å². The number of carbonyl (C=O) groups is 6. The van der Waals surface area contributed by atoms with Crippen LogP contribution in [0.3, 0.4) is 0 Å². The first-order valence-electron chi connectivity index (χ1n) is 48.9. The zero-order valence-electron chi connectivity index (χ0n) is 76.7. The topological polar surface area (TPSA) is 170 Å². The lowest BCUT2D eigenvalue weighted by Crippen LogP contribution is -2.38. The molecule has 0 aliphatic rings. The van der Waals surface area contributed by atoms with Crippen molar-refractivity contribution in [3.63, 3.8) is 0 Å². The fourth-order valence-corrected chi connectivity index (χ4v) is 15.5. The van der Waals surface area contributed by atoms with Crippen molar-refractivity contribution in [3.05, 3.63) is 0 Å². The summed E-state index contributed by atoms with van der Waals surface area (Å²) in [6.45, 7) is 32.8. The maximum Gasteiger partial charge on any atom is 0.311 e. The van der Waals surface area contributed by atoms with E-state index in [-0.39, 0.29) is 60.7 Å². The van der Waals surface area contributed by atoms with Crippen molar-refractivity contribution >= 4 is 35.7 Å². The van der Waals surface area contributed by atoms with Gasteiger partial charge in [0.15, 0.2) is 0 Å². The lowest BCUT2D eigenvalue weighted by Gasteiger charge is -2.27. The van der Waals surface area contributed by atoms with Crippen LogP contribution in [0, 0.1) is 16.2 Å². The van der Waals surface area contributed by atoms with Crippen LogP contribution in [0.25, 0.3) is 0 Å². The summed E-state index contributed by atoms with van der Waals surface area (Å²) in [4.78, 5) is 85.2. The highest BCUT2D eigenvalue weighted by Crippen LogP contribution is 2.32. The number of unbranched alkanes of at least 4 members (excludes halogenated alkanes) is 45. The Kier molecular flexibility index (Phi) is 75.4. The highest BCUT2D eigenvalue weighted by molar-refractivity contribution is 5.83. The third-order valence-electron chi connectivity index (χ3n) is 23.7. The van der Waals surface area contributed by atoms with Gasteiger partial charge in [0.2, 0.25) is 11.8 Å². The molecule has 14 nitrogen and oxygen atoms in total. The first kappa shape index (κ1) is 109. The normalized spacial score (nSPS) is 12.1. The van der Waals surface area contributed by atoms with E-state index >= 15 is 0 Å². The van der Waals surface area contributed by atoms with Gasteiger partial charge < -0.3 is 39.4 Å². The highest BCUT2D eigenvalue weighted by atomic mass is 16.6. The summed E-state index contributed by atoms with van der Waals surface area (Å²) in [5, 5.41) is 6.27. The Bertz CT molecular complexity index is 2120. The average molecular weight is 1580 g/mol. The summed E-state index contributed by atoms with van der Waals surface area (Å²) in [6.07, 6.45) is 71.6. The van der Waals surface area contributed by atoms with Gasteiger partial charge in [-0.2, -0.15) is 0 Å². The van der Waals surface area contributed by atoms with Crippen LogP contribution >= 0.6 is 0 Å². The molecule has 0 aliphatic carbocycles. The molecule has 0 saturated heterocycles. The van der Waals surface area contributed by atoms with Crippen molar-refractivity contribution in [1.29, 1.82) is 0 Å². The van der Waals surface area contributed by atoms with E-state index in [2.05, 4.69) is 89.7 Å².